The van der Waals surface area contributed by atoms with Gasteiger partial charge in [0.05, 0.1) is 23.7 Å². The highest BCUT2D eigenvalue weighted by molar-refractivity contribution is 6.06. The Hall–Kier alpha value is -5.02. The molecule has 302 valence electrons. The highest BCUT2D eigenvalue weighted by Gasteiger charge is 2.38. The summed E-state index contributed by atoms with van der Waals surface area (Å²) in [7, 11) is 1.64. The van der Waals surface area contributed by atoms with Crippen LogP contribution in [0, 0.1) is 5.41 Å². The lowest BCUT2D eigenvalue weighted by atomic mass is 9.90. The number of carbonyl (C=O) groups is 2. The fourth-order valence-electron chi connectivity index (χ4n) is 9.05. The fourth-order valence-corrected chi connectivity index (χ4v) is 9.05. The number of anilines is 5. The van der Waals surface area contributed by atoms with Crippen molar-refractivity contribution in [3.63, 3.8) is 0 Å². The number of aliphatic hydroxyl groups excluding tert-OH is 1. The monoisotopic (exact) mass is 797 g/mol. The Morgan fingerprint density at radius 3 is 2.61 bits per heavy atom. The van der Waals surface area contributed by atoms with E-state index in [4.69, 9.17) is 9.72 Å². The van der Waals surface area contributed by atoms with Gasteiger partial charge in [0.15, 0.2) is 5.82 Å². The number of benzene rings is 1. The van der Waals surface area contributed by atoms with Gasteiger partial charge in [-0.25, -0.2) is 9.97 Å². The van der Waals surface area contributed by atoms with Crippen LogP contribution in [0.5, 0.6) is 0 Å². The minimum Gasteiger partial charge on any atom is -0.392 e. The van der Waals surface area contributed by atoms with Gasteiger partial charge in [-0.1, -0.05) is 20.4 Å². The van der Waals surface area contributed by atoms with Gasteiger partial charge in [-0.2, -0.15) is 0 Å². The predicted molar refractivity (Wildman–Crippen MR) is 224 cm³/mol. The van der Waals surface area contributed by atoms with E-state index in [2.05, 4.69) is 57.3 Å². The summed E-state index contributed by atoms with van der Waals surface area (Å²) in [5, 5.41) is 16.9. The van der Waals surface area contributed by atoms with E-state index in [0.29, 0.717) is 58.8 Å². The van der Waals surface area contributed by atoms with Crippen molar-refractivity contribution in [3.8, 4) is 11.3 Å². The van der Waals surface area contributed by atoms with Crippen molar-refractivity contribution in [2.45, 2.75) is 71.7 Å². The van der Waals surface area contributed by atoms with E-state index in [9.17, 15) is 19.5 Å². The molecular weight excluding hydrogens is 746 g/mol. The highest BCUT2D eigenvalue weighted by Crippen LogP contribution is 2.40. The number of fused-ring (bicyclic) bond motifs is 3. The van der Waals surface area contributed by atoms with Gasteiger partial charge in [-0.05, 0) is 80.0 Å². The number of hydrogen-bond donors (Lipinski definition) is 3. The van der Waals surface area contributed by atoms with Crippen LogP contribution >= 0.6 is 12.4 Å². The van der Waals surface area contributed by atoms with Crippen molar-refractivity contribution < 1.29 is 19.4 Å². The molecule has 14 nitrogen and oxygen atoms in total. The van der Waals surface area contributed by atoms with Crippen molar-refractivity contribution in [3.05, 3.63) is 88.2 Å². The molecule has 8 rings (SSSR count). The zero-order valence-electron chi connectivity index (χ0n) is 33.1. The van der Waals surface area contributed by atoms with E-state index in [1.165, 1.54) is 21.9 Å². The summed E-state index contributed by atoms with van der Waals surface area (Å²) in [6.07, 6.45) is 8.40. The van der Waals surface area contributed by atoms with Crippen molar-refractivity contribution in [1.29, 1.82) is 0 Å². The van der Waals surface area contributed by atoms with Crippen molar-refractivity contribution in [1.82, 2.24) is 24.0 Å². The maximum atomic E-state index is 14.0. The molecule has 4 aromatic rings. The number of carbonyl (C=O) groups excluding carboxylic acids is 2. The van der Waals surface area contributed by atoms with Crippen molar-refractivity contribution in [2.24, 2.45) is 12.5 Å². The topological polar surface area (TPSA) is 150 Å². The number of aromatic nitrogens is 4. The molecule has 6 heterocycles. The molecule has 0 bridgehead atoms. The average Bonchev–Trinajstić information content (AvgIpc) is 3.69. The number of aliphatic hydroxyl groups is 1. The van der Waals surface area contributed by atoms with E-state index < -0.39 is 6.61 Å². The second kappa shape index (κ2) is 16.1. The Morgan fingerprint density at radius 2 is 1.88 bits per heavy atom. The third kappa shape index (κ3) is 7.71. The number of hydrogen-bond acceptors (Lipinski definition) is 10. The molecule has 1 aromatic carbocycles. The standard InChI is InChI=1S/C42H51N9O5.ClH/c1-6-37(53)45-32-20-28(7-8-34(32)49-14-13-48(23-26(49)2)29-10-17-56-18-11-29)44-38-41(55)47(5)24-33(46-38)30-9-12-43-39(31(30)25-52)51-16-15-50-35(40(51)54)19-27-21-42(3,4)22-36(27)50;/h6-9,12,19-20,24,26,29,52H,1,10-11,13-18,21-23,25H2,2-5H3,(H,44,46)(H,45,53);1H/t26-;/m0./s1. The number of nitrogens with one attached hydrogen (secondary N) is 2. The van der Waals surface area contributed by atoms with Crippen LogP contribution in [0.25, 0.3) is 11.3 Å². The van der Waals surface area contributed by atoms with Gasteiger partial charge < -0.3 is 34.5 Å². The first-order chi connectivity index (χ1) is 26.9. The zero-order chi connectivity index (χ0) is 39.3. The molecule has 4 aliphatic rings. The van der Waals surface area contributed by atoms with Crippen molar-refractivity contribution >= 4 is 52.9 Å². The Bertz CT molecular complexity index is 2260. The van der Waals surface area contributed by atoms with Crippen LogP contribution in [0.3, 0.4) is 0 Å². The van der Waals surface area contributed by atoms with E-state index in [0.717, 1.165) is 64.2 Å². The van der Waals surface area contributed by atoms with Gasteiger partial charge >= 0.3 is 0 Å². The lowest BCUT2D eigenvalue weighted by molar-refractivity contribution is -0.111. The maximum Gasteiger partial charge on any atom is 0.293 e. The lowest BCUT2D eigenvalue weighted by Crippen LogP contribution is -2.56. The molecule has 1 atom stereocenters. The molecule has 2 amide bonds. The van der Waals surface area contributed by atoms with Crippen molar-refractivity contribution in [2.75, 3.05) is 59.8 Å². The fraction of sp³-hybridized carbons (Fsp3) is 0.452. The Labute approximate surface area is 338 Å². The predicted octanol–water partition coefficient (Wildman–Crippen LogP) is 4.90. The quantitative estimate of drug-likeness (QED) is 0.200. The number of nitrogens with zero attached hydrogens (tertiary/aromatic N) is 7. The first-order valence-electron chi connectivity index (χ1n) is 19.6. The largest absolute Gasteiger partial charge is 0.392 e. The summed E-state index contributed by atoms with van der Waals surface area (Å²) in [6.45, 7) is 15.2. The molecule has 3 aromatic heterocycles. The van der Waals surface area contributed by atoms with Crippen LogP contribution in [-0.4, -0.2) is 92.4 Å². The van der Waals surface area contributed by atoms with Crippen LogP contribution in [0.2, 0.25) is 0 Å². The first kappa shape index (κ1) is 40.2. The van der Waals surface area contributed by atoms with Gasteiger partial charge in [0.2, 0.25) is 5.91 Å². The number of amides is 2. The second-order valence-electron chi connectivity index (χ2n) is 16.3. The summed E-state index contributed by atoms with van der Waals surface area (Å²) in [5.74, 6) is -0.0683. The molecule has 15 heteroatoms. The minimum absolute atomic E-state index is 0. The Morgan fingerprint density at radius 1 is 1.09 bits per heavy atom. The second-order valence-corrected chi connectivity index (χ2v) is 16.3. The molecular formula is C42H52ClN9O5. The number of ether oxygens (including phenoxy) is 1. The van der Waals surface area contributed by atoms with Crippen LogP contribution in [0.15, 0.2) is 60.2 Å². The Balaban J connectivity index is 0.00000496. The molecule has 57 heavy (non-hydrogen) atoms. The van der Waals surface area contributed by atoms with E-state index in [-0.39, 0.29) is 47.1 Å². The van der Waals surface area contributed by atoms with E-state index >= 15 is 0 Å². The summed E-state index contributed by atoms with van der Waals surface area (Å²) in [5.41, 5.74) is 6.35. The number of rotatable bonds is 9. The lowest BCUT2D eigenvalue weighted by Gasteiger charge is -2.45. The SMILES string of the molecule is C=CC(=O)Nc1cc(Nc2nc(-c3ccnc(N4CCn5c(cc6c5CC(C)(C)C6)C4=O)c3CO)cn(C)c2=O)ccc1N1CCN(C2CCOCC2)C[C@@H]1C.Cl. The Kier molecular flexibility index (Phi) is 11.3. The van der Waals surface area contributed by atoms with Gasteiger partial charge in [0.25, 0.3) is 11.5 Å². The molecule has 0 saturated carbocycles. The maximum absolute atomic E-state index is 14.0. The number of halogens is 1. The third-order valence-electron chi connectivity index (χ3n) is 11.8. The van der Waals surface area contributed by atoms with Crippen LogP contribution in [0.4, 0.5) is 28.7 Å². The van der Waals surface area contributed by atoms with Crippen LogP contribution < -0.4 is 26.0 Å². The number of aryl methyl sites for hydroxylation is 1. The number of pyridine rings is 1. The third-order valence-corrected chi connectivity index (χ3v) is 11.8. The molecule has 3 aliphatic heterocycles. The van der Waals surface area contributed by atoms with Gasteiger partial charge in [0, 0.05) is 100.0 Å². The van der Waals surface area contributed by atoms with Crippen LogP contribution in [0.1, 0.15) is 60.9 Å². The molecule has 0 radical (unpaired) electrons. The first-order valence-corrected chi connectivity index (χ1v) is 19.6. The smallest absolute Gasteiger partial charge is 0.293 e. The summed E-state index contributed by atoms with van der Waals surface area (Å²) in [6, 6.07) is 10.1. The molecule has 0 spiro atoms. The normalized spacial score (nSPS) is 19.5. The number of piperazine rings is 1. The average molecular weight is 798 g/mol. The van der Waals surface area contributed by atoms with Gasteiger partial charge in [0.1, 0.15) is 11.5 Å². The van der Waals surface area contributed by atoms with Crippen LogP contribution in [-0.2, 0) is 42.6 Å². The van der Waals surface area contributed by atoms with Gasteiger partial charge in [-0.3, -0.25) is 24.2 Å². The van der Waals surface area contributed by atoms with E-state index in [1.807, 2.05) is 18.2 Å². The van der Waals surface area contributed by atoms with Gasteiger partial charge in [-0.15, -0.1) is 12.4 Å². The molecule has 2 saturated heterocycles. The highest BCUT2D eigenvalue weighted by atomic mass is 35.5. The minimum atomic E-state index is -0.392. The summed E-state index contributed by atoms with van der Waals surface area (Å²) < 4.78 is 9.17. The zero-order valence-corrected chi connectivity index (χ0v) is 33.9. The molecule has 3 N–H and O–H groups in total. The summed E-state index contributed by atoms with van der Waals surface area (Å²) in [4.78, 5) is 56.0. The molecule has 2 fully saturated rings. The molecule has 0 unspecified atom stereocenters. The van der Waals surface area contributed by atoms with E-state index in [1.54, 1.807) is 36.5 Å². The molecule has 1 aliphatic carbocycles. The summed E-state index contributed by atoms with van der Waals surface area (Å²) >= 11 is 0.